The Kier molecular flexibility index (Phi) is 12.3. The van der Waals surface area contributed by atoms with Crippen molar-refractivity contribution in [1.82, 2.24) is 5.32 Å². The highest BCUT2D eigenvalue weighted by atomic mass is 15.0. The molecule has 1 heteroatoms. The summed E-state index contributed by atoms with van der Waals surface area (Å²) in [6.07, 6.45) is 40.5. The van der Waals surface area contributed by atoms with Gasteiger partial charge in [-0.2, -0.15) is 0 Å². The molecule has 0 spiro atoms. The van der Waals surface area contributed by atoms with Crippen LogP contribution in [0.15, 0.2) is 204 Å². The fourth-order valence-electron chi connectivity index (χ4n) is 11.8. The van der Waals surface area contributed by atoms with Crippen molar-refractivity contribution in [3.05, 3.63) is 232 Å². The van der Waals surface area contributed by atoms with Gasteiger partial charge in [0.05, 0.1) is 6.04 Å². The van der Waals surface area contributed by atoms with Crippen LogP contribution in [0.5, 0.6) is 0 Å². The molecule has 4 aromatic carbocycles. The number of hydrogen-bond acceptors (Lipinski definition) is 1. The maximum Gasteiger partial charge on any atom is 0.0502 e. The van der Waals surface area contributed by atoms with Crippen LogP contribution in [0.25, 0.3) is 16.7 Å². The van der Waals surface area contributed by atoms with Crippen LogP contribution in [0.3, 0.4) is 0 Å². The predicted molar refractivity (Wildman–Crippen MR) is 263 cm³/mol. The molecule has 7 atom stereocenters. The Hall–Kier alpha value is -5.50. The number of hydrogen-bond donors (Lipinski definition) is 1. The summed E-state index contributed by atoms with van der Waals surface area (Å²) in [4.78, 5) is 0. The summed E-state index contributed by atoms with van der Waals surface area (Å²) in [5.41, 5.74) is 17.6. The molecule has 0 saturated carbocycles. The van der Waals surface area contributed by atoms with Crippen molar-refractivity contribution in [2.75, 3.05) is 0 Å². The average molecular weight is 810 g/mol. The van der Waals surface area contributed by atoms with Gasteiger partial charge < -0.3 is 0 Å². The van der Waals surface area contributed by atoms with E-state index in [9.17, 15) is 0 Å². The molecule has 0 aromatic heterocycles. The molecule has 4 aromatic rings. The minimum Gasteiger partial charge on any atom is -0.297 e. The minimum absolute atomic E-state index is 0.168. The largest absolute Gasteiger partial charge is 0.297 e. The van der Waals surface area contributed by atoms with Gasteiger partial charge in [0.1, 0.15) is 0 Å². The van der Waals surface area contributed by atoms with Crippen molar-refractivity contribution in [2.24, 2.45) is 17.8 Å². The summed E-state index contributed by atoms with van der Waals surface area (Å²) in [7, 11) is 0. The van der Waals surface area contributed by atoms with Gasteiger partial charge in [0.25, 0.3) is 0 Å². The van der Waals surface area contributed by atoms with Gasteiger partial charge in [-0.25, -0.2) is 0 Å². The van der Waals surface area contributed by atoms with Crippen LogP contribution in [0.1, 0.15) is 117 Å². The van der Waals surface area contributed by atoms with E-state index in [4.69, 9.17) is 0 Å². The molecule has 10 rings (SSSR count). The molecule has 1 nitrogen and oxygen atoms in total. The van der Waals surface area contributed by atoms with Crippen LogP contribution in [0.2, 0.25) is 0 Å². The van der Waals surface area contributed by atoms with E-state index in [1.807, 2.05) is 0 Å². The van der Waals surface area contributed by atoms with Crippen molar-refractivity contribution >= 4 is 16.7 Å². The smallest absolute Gasteiger partial charge is 0.0502 e. The highest BCUT2D eigenvalue weighted by Gasteiger charge is 2.34. The summed E-state index contributed by atoms with van der Waals surface area (Å²) in [5.74, 6) is 2.75. The summed E-state index contributed by atoms with van der Waals surface area (Å²) in [5, 5.41) is 4.35. The number of nitrogens with one attached hydrogen (secondary N) is 1. The average Bonchev–Trinajstić information content (AvgIpc) is 3.54. The van der Waals surface area contributed by atoms with Crippen molar-refractivity contribution in [3.8, 4) is 0 Å². The summed E-state index contributed by atoms with van der Waals surface area (Å²) >= 11 is 0. The van der Waals surface area contributed by atoms with Gasteiger partial charge in [0, 0.05) is 12.0 Å². The van der Waals surface area contributed by atoms with E-state index in [1.165, 1.54) is 88.6 Å². The first-order chi connectivity index (χ1) is 30.6. The van der Waals surface area contributed by atoms with Gasteiger partial charge in [0.15, 0.2) is 0 Å². The molecule has 5 aliphatic carbocycles. The van der Waals surface area contributed by atoms with Crippen LogP contribution in [-0.4, -0.2) is 12.1 Å². The molecular weight excluding hydrogens is 747 g/mol. The van der Waals surface area contributed by atoms with E-state index in [2.05, 4.69) is 194 Å². The van der Waals surface area contributed by atoms with E-state index < -0.39 is 0 Å². The molecule has 0 amide bonds. The molecule has 7 unspecified atom stereocenters. The lowest BCUT2D eigenvalue weighted by Gasteiger charge is -2.38. The molecule has 62 heavy (non-hydrogen) atoms. The van der Waals surface area contributed by atoms with Gasteiger partial charge in [0.2, 0.25) is 0 Å². The minimum atomic E-state index is 0.168. The number of allylic oxidation sites excluding steroid dienone is 14. The van der Waals surface area contributed by atoms with Gasteiger partial charge in [-0.1, -0.05) is 204 Å². The lowest BCUT2D eigenvalue weighted by atomic mass is 9.68. The Morgan fingerprint density at radius 2 is 1.40 bits per heavy atom. The highest BCUT2D eigenvalue weighted by Crippen LogP contribution is 2.46. The molecule has 312 valence electrons. The summed E-state index contributed by atoms with van der Waals surface area (Å²) in [6.45, 7) is 2.39. The highest BCUT2D eigenvalue weighted by molar-refractivity contribution is 5.78. The predicted octanol–water partition coefficient (Wildman–Crippen LogP) is 15.5. The Labute approximate surface area is 371 Å². The van der Waals surface area contributed by atoms with Gasteiger partial charge in [-0.15, -0.1) is 0 Å². The Balaban J connectivity index is 0.904. The lowest BCUT2D eigenvalue weighted by Crippen LogP contribution is -2.41. The molecule has 6 aliphatic rings. The second-order valence-electron chi connectivity index (χ2n) is 18.9. The molecule has 0 saturated heterocycles. The first-order valence-corrected chi connectivity index (χ1v) is 23.9. The standard InChI is InChI=1S/C61H63N/c1-43-39-55(46-21-9-4-10-22-46)42-60(53-25-15-23-51(40-53)58-29-13-11-27-56(58)49-35-31-47(32-36-49)44-17-5-2-6-18-44)62-61(43)54-26-16-24-52(41-54)59-30-14-12-28-57(59)50-37-33-48(34-38-50)45-19-7-3-8-20-45/h2-14,17-22,25,27-29,31,33,35-36,39,41-42,47,50-52,59-62H,15-16,23-24,26,30,32,34,37-38,40H2,1H3. The number of rotatable bonds is 9. The van der Waals surface area contributed by atoms with Crippen molar-refractivity contribution in [2.45, 2.75) is 101 Å². The third kappa shape index (κ3) is 8.89. The Morgan fingerprint density at radius 1 is 0.629 bits per heavy atom. The number of benzene rings is 4. The third-order valence-corrected chi connectivity index (χ3v) is 15.1. The Bertz CT molecular complexity index is 2500. The van der Waals surface area contributed by atoms with Crippen molar-refractivity contribution in [1.29, 1.82) is 0 Å². The van der Waals surface area contributed by atoms with Crippen molar-refractivity contribution < 1.29 is 0 Å². The fraction of sp³-hybridized carbons (Fsp3) is 0.311. The molecular formula is C61H63N. The summed E-state index contributed by atoms with van der Waals surface area (Å²) < 4.78 is 0. The third-order valence-electron chi connectivity index (χ3n) is 15.1. The van der Waals surface area contributed by atoms with Crippen LogP contribution < -0.4 is 5.32 Å². The zero-order chi connectivity index (χ0) is 41.7. The quantitative estimate of drug-likeness (QED) is 0.166. The molecule has 0 bridgehead atoms. The SMILES string of the molecule is CC1=CC(c2ccccc2)=CC(C2=CCCC(c3ccccc3C3=CCC(c4ccccc4)C=C3)C2)NC1C1=CC(C2CC=CC=C2C2CC=C(c3ccccc3)CC2)CCC1. The first kappa shape index (κ1) is 40.6. The van der Waals surface area contributed by atoms with E-state index in [1.54, 1.807) is 16.7 Å². The fourth-order valence-corrected chi connectivity index (χ4v) is 11.8. The molecule has 0 radical (unpaired) electrons. The van der Waals surface area contributed by atoms with Crippen LogP contribution in [-0.2, 0) is 0 Å². The van der Waals surface area contributed by atoms with E-state index in [0.29, 0.717) is 29.6 Å². The zero-order valence-electron chi connectivity index (χ0n) is 36.6. The van der Waals surface area contributed by atoms with Gasteiger partial charge >= 0.3 is 0 Å². The van der Waals surface area contributed by atoms with E-state index >= 15 is 0 Å². The second-order valence-corrected chi connectivity index (χ2v) is 18.9. The molecule has 0 fully saturated rings. The summed E-state index contributed by atoms with van der Waals surface area (Å²) in [6, 6.07) is 42.8. The van der Waals surface area contributed by atoms with E-state index in [-0.39, 0.29) is 12.1 Å². The second kappa shape index (κ2) is 18.9. The van der Waals surface area contributed by atoms with Crippen LogP contribution >= 0.6 is 0 Å². The van der Waals surface area contributed by atoms with E-state index in [0.717, 1.165) is 32.1 Å². The Morgan fingerprint density at radius 3 is 2.18 bits per heavy atom. The maximum atomic E-state index is 4.35. The monoisotopic (exact) mass is 809 g/mol. The van der Waals surface area contributed by atoms with Crippen LogP contribution in [0.4, 0.5) is 0 Å². The topological polar surface area (TPSA) is 12.0 Å². The molecule has 1 N–H and O–H groups in total. The van der Waals surface area contributed by atoms with Crippen LogP contribution in [0, 0.1) is 17.8 Å². The van der Waals surface area contributed by atoms with Crippen molar-refractivity contribution in [3.63, 3.8) is 0 Å². The normalized spacial score (nSPS) is 27.7. The van der Waals surface area contributed by atoms with Gasteiger partial charge in [-0.05, 0) is 146 Å². The molecule has 1 aliphatic heterocycles. The maximum absolute atomic E-state index is 4.35. The lowest BCUT2D eigenvalue weighted by molar-refractivity contribution is 0.352. The zero-order valence-corrected chi connectivity index (χ0v) is 36.6. The first-order valence-electron chi connectivity index (χ1n) is 23.9. The molecule has 1 heterocycles. The van der Waals surface area contributed by atoms with Gasteiger partial charge in [-0.3, -0.25) is 5.32 Å².